The number of thioether (sulfide) groups is 1. The van der Waals surface area contributed by atoms with E-state index >= 15 is 0 Å². The van der Waals surface area contributed by atoms with Gasteiger partial charge in [0.1, 0.15) is 17.2 Å². The number of hydrogen-bond acceptors (Lipinski definition) is 7. The van der Waals surface area contributed by atoms with Crippen molar-refractivity contribution >= 4 is 39.8 Å². The Morgan fingerprint density at radius 2 is 1.89 bits per heavy atom. The van der Waals surface area contributed by atoms with Crippen molar-refractivity contribution in [3.8, 4) is 0 Å². The largest absolute Gasteiger partial charge is 0.365 e. The summed E-state index contributed by atoms with van der Waals surface area (Å²) in [6.45, 7) is 4.08. The molecule has 0 saturated carbocycles. The first-order valence-corrected chi connectivity index (χ1v) is 9.17. The summed E-state index contributed by atoms with van der Waals surface area (Å²) < 4.78 is 0. The summed E-state index contributed by atoms with van der Waals surface area (Å²) in [7, 11) is 1.60. The standard InChI is InChI=1S/C19H20N6OS/c1-10(11(2)20)14-15-16(27-17(14)21)18(25-9-24-15)23-8-12-4-6-13(7-5-12)19(26)22-3/h4-7,9,20-21H,8H2,1-3H3,(H,22,26)(H,23,24,25)/b14-10-,20-11?,21-17?. The van der Waals surface area contributed by atoms with Crippen molar-refractivity contribution in [2.45, 2.75) is 25.3 Å². The highest BCUT2D eigenvalue weighted by atomic mass is 32.2. The van der Waals surface area contributed by atoms with Crippen LogP contribution in [0.2, 0.25) is 0 Å². The number of rotatable bonds is 5. The van der Waals surface area contributed by atoms with Gasteiger partial charge in [-0.3, -0.25) is 10.2 Å². The van der Waals surface area contributed by atoms with Gasteiger partial charge in [-0.15, -0.1) is 0 Å². The summed E-state index contributed by atoms with van der Waals surface area (Å²) in [5.74, 6) is 0.546. The van der Waals surface area contributed by atoms with Crippen LogP contribution in [0.3, 0.4) is 0 Å². The van der Waals surface area contributed by atoms with E-state index in [1.807, 2.05) is 19.1 Å². The van der Waals surface area contributed by atoms with Crippen molar-refractivity contribution < 1.29 is 4.79 Å². The van der Waals surface area contributed by atoms with E-state index in [2.05, 4.69) is 20.6 Å². The van der Waals surface area contributed by atoms with Crippen LogP contribution in [0.25, 0.3) is 5.57 Å². The Kier molecular flexibility index (Phi) is 5.36. The van der Waals surface area contributed by atoms with Gasteiger partial charge in [0.2, 0.25) is 0 Å². The summed E-state index contributed by atoms with van der Waals surface area (Å²) in [5, 5.41) is 22.4. The molecular weight excluding hydrogens is 360 g/mol. The number of allylic oxidation sites excluding steroid dienone is 1. The third-order valence-electron chi connectivity index (χ3n) is 4.31. The monoisotopic (exact) mass is 380 g/mol. The number of amides is 1. The summed E-state index contributed by atoms with van der Waals surface area (Å²) in [6, 6.07) is 7.34. The highest BCUT2D eigenvalue weighted by Gasteiger charge is 2.29. The molecule has 0 fully saturated rings. The Hall–Kier alpha value is -3.00. The fourth-order valence-electron chi connectivity index (χ4n) is 2.67. The molecule has 0 saturated heterocycles. The predicted octanol–water partition coefficient (Wildman–Crippen LogP) is 3.34. The second kappa shape index (κ2) is 7.71. The van der Waals surface area contributed by atoms with E-state index in [0.717, 1.165) is 16.0 Å². The second-order valence-corrected chi connectivity index (χ2v) is 7.11. The molecule has 1 aliphatic rings. The van der Waals surface area contributed by atoms with Crippen LogP contribution in [0, 0.1) is 10.8 Å². The van der Waals surface area contributed by atoms with Crippen molar-refractivity contribution in [2.24, 2.45) is 0 Å². The molecule has 4 N–H and O–H groups in total. The van der Waals surface area contributed by atoms with Gasteiger partial charge in [0, 0.05) is 30.4 Å². The van der Waals surface area contributed by atoms with Gasteiger partial charge in [0.25, 0.3) is 5.91 Å². The normalized spacial score (nSPS) is 14.6. The smallest absolute Gasteiger partial charge is 0.251 e. The molecule has 0 bridgehead atoms. The Labute approximate surface area is 161 Å². The van der Waals surface area contributed by atoms with Crippen LogP contribution in [0.1, 0.15) is 35.5 Å². The molecule has 8 heteroatoms. The van der Waals surface area contributed by atoms with Gasteiger partial charge in [-0.1, -0.05) is 23.9 Å². The number of anilines is 1. The molecule has 0 atom stereocenters. The number of nitrogens with zero attached hydrogens (tertiary/aromatic N) is 2. The van der Waals surface area contributed by atoms with Gasteiger partial charge in [-0.05, 0) is 37.1 Å². The Balaban J connectivity index is 1.83. The average Bonchev–Trinajstić information content (AvgIpc) is 3.01. The zero-order valence-corrected chi connectivity index (χ0v) is 16.1. The number of carbonyl (C=O) groups excluding carboxylic acids is 1. The molecule has 1 amide bonds. The van der Waals surface area contributed by atoms with Crippen LogP contribution in [0.5, 0.6) is 0 Å². The summed E-state index contributed by atoms with van der Waals surface area (Å²) in [6.07, 6.45) is 1.47. The van der Waals surface area contributed by atoms with E-state index in [1.165, 1.54) is 18.1 Å². The molecule has 7 nitrogen and oxygen atoms in total. The number of nitrogens with one attached hydrogen (secondary N) is 4. The summed E-state index contributed by atoms with van der Waals surface area (Å²) in [4.78, 5) is 21.1. The molecule has 1 aromatic carbocycles. The van der Waals surface area contributed by atoms with Gasteiger partial charge in [-0.25, -0.2) is 9.97 Å². The molecular formula is C19H20N6OS. The van der Waals surface area contributed by atoms with E-state index in [1.54, 1.807) is 26.1 Å². The highest BCUT2D eigenvalue weighted by molar-refractivity contribution is 8.15. The molecule has 3 rings (SSSR count). The van der Waals surface area contributed by atoms with Crippen LogP contribution < -0.4 is 10.6 Å². The van der Waals surface area contributed by atoms with Gasteiger partial charge < -0.3 is 16.0 Å². The van der Waals surface area contributed by atoms with Crippen molar-refractivity contribution in [1.82, 2.24) is 15.3 Å². The van der Waals surface area contributed by atoms with E-state index < -0.39 is 0 Å². The van der Waals surface area contributed by atoms with Crippen LogP contribution in [-0.2, 0) is 6.54 Å². The molecule has 1 aromatic heterocycles. The molecule has 1 aliphatic heterocycles. The number of hydrogen-bond donors (Lipinski definition) is 4. The minimum absolute atomic E-state index is 0.116. The molecule has 138 valence electrons. The first-order chi connectivity index (χ1) is 12.9. The van der Waals surface area contributed by atoms with Crippen LogP contribution in [0.4, 0.5) is 5.82 Å². The van der Waals surface area contributed by atoms with E-state index in [9.17, 15) is 4.79 Å². The predicted molar refractivity (Wildman–Crippen MR) is 109 cm³/mol. The lowest BCUT2D eigenvalue weighted by Crippen LogP contribution is -2.17. The average molecular weight is 380 g/mol. The highest BCUT2D eigenvalue weighted by Crippen LogP contribution is 2.44. The molecule has 0 unspecified atom stereocenters. The number of carbonyl (C=O) groups is 1. The number of aromatic nitrogens is 2. The lowest BCUT2D eigenvalue weighted by Gasteiger charge is -2.09. The molecule has 0 aliphatic carbocycles. The number of benzene rings is 1. The lowest BCUT2D eigenvalue weighted by molar-refractivity contribution is 0.0963. The van der Waals surface area contributed by atoms with E-state index in [0.29, 0.717) is 39.9 Å². The quantitative estimate of drug-likeness (QED) is 0.594. The van der Waals surface area contributed by atoms with Crippen LogP contribution in [-0.4, -0.2) is 33.7 Å². The summed E-state index contributed by atoms with van der Waals surface area (Å²) >= 11 is 1.30. The molecule has 2 heterocycles. The molecule has 27 heavy (non-hydrogen) atoms. The molecule has 2 aromatic rings. The topological polar surface area (TPSA) is 115 Å². The maximum Gasteiger partial charge on any atom is 0.251 e. The van der Waals surface area contributed by atoms with Crippen molar-refractivity contribution in [1.29, 1.82) is 10.8 Å². The first-order valence-electron chi connectivity index (χ1n) is 8.35. The lowest BCUT2D eigenvalue weighted by atomic mass is 10.0. The molecule has 0 radical (unpaired) electrons. The van der Waals surface area contributed by atoms with Gasteiger partial charge >= 0.3 is 0 Å². The summed E-state index contributed by atoms with van der Waals surface area (Å²) in [5.41, 5.74) is 4.19. The van der Waals surface area contributed by atoms with Crippen molar-refractivity contribution in [2.75, 3.05) is 12.4 Å². The van der Waals surface area contributed by atoms with Crippen molar-refractivity contribution in [3.05, 3.63) is 53.0 Å². The Bertz CT molecular complexity index is 965. The second-order valence-electron chi connectivity index (χ2n) is 6.09. The first kappa shape index (κ1) is 18.8. The fourth-order valence-corrected chi connectivity index (χ4v) is 3.70. The SMILES string of the molecule is CNC(=O)c1ccc(CNc2ncnc3c2SC(=N)/C3=C(/C)C(C)=N)cc1. The maximum absolute atomic E-state index is 11.6. The fraction of sp³-hybridized carbons (Fsp3) is 0.211. The Morgan fingerprint density at radius 1 is 1.19 bits per heavy atom. The number of fused-ring (bicyclic) bond motifs is 1. The van der Waals surface area contributed by atoms with Gasteiger partial charge in [-0.2, -0.15) is 0 Å². The zero-order chi connectivity index (χ0) is 19.6. The molecule has 0 spiro atoms. The minimum atomic E-state index is -0.116. The van der Waals surface area contributed by atoms with Gasteiger partial charge in [0.05, 0.1) is 10.6 Å². The van der Waals surface area contributed by atoms with E-state index in [4.69, 9.17) is 10.8 Å². The van der Waals surface area contributed by atoms with Crippen LogP contribution >= 0.6 is 11.8 Å². The van der Waals surface area contributed by atoms with Crippen molar-refractivity contribution in [3.63, 3.8) is 0 Å². The van der Waals surface area contributed by atoms with Gasteiger partial charge in [0.15, 0.2) is 0 Å². The third-order valence-corrected chi connectivity index (χ3v) is 5.31. The van der Waals surface area contributed by atoms with Crippen LogP contribution in [0.15, 0.2) is 41.1 Å². The Morgan fingerprint density at radius 3 is 2.52 bits per heavy atom. The maximum atomic E-state index is 11.6. The minimum Gasteiger partial charge on any atom is -0.365 e. The third kappa shape index (κ3) is 3.75. The zero-order valence-electron chi connectivity index (χ0n) is 15.3. The van der Waals surface area contributed by atoms with E-state index in [-0.39, 0.29) is 5.91 Å².